The SMILES string of the molecule is CCNCc1cc(Cl)c(OCc2cccc(-c3cccc(OCCCN4CCC(O)C4)c3Cl)c2C)cc1OCc1cncc(C#N)c1. The first-order valence-corrected chi connectivity index (χ1v) is 16.6. The lowest BCUT2D eigenvalue weighted by atomic mass is 9.96. The molecule has 0 radical (unpaired) electrons. The predicted octanol–water partition coefficient (Wildman–Crippen LogP) is 7.34. The van der Waals surface area contributed by atoms with Gasteiger partial charge in [-0.1, -0.05) is 60.5 Å². The molecule has 1 aliphatic heterocycles. The van der Waals surface area contributed by atoms with Gasteiger partial charge in [0.25, 0.3) is 0 Å². The van der Waals surface area contributed by atoms with Gasteiger partial charge in [0.05, 0.1) is 28.3 Å². The minimum atomic E-state index is -0.216. The van der Waals surface area contributed by atoms with Gasteiger partial charge in [0.1, 0.15) is 36.5 Å². The molecule has 3 aromatic carbocycles. The number of rotatable bonds is 15. The number of aromatic nitrogens is 1. The highest BCUT2D eigenvalue weighted by atomic mass is 35.5. The molecule has 1 aliphatic rings. The quantitative estimate of drug-likeness (QED) is 0.126. The average Bonchev–Trinajstić information content (AvgIpc) is 3.50. The summed E-state index contributed by atoms with van der Waals surface area (Å²) in [6.45, 7) is 9.10. The van der Waals surface area contributed by atoms with E-state index in [0.717, 1.165) is 72.4 Å². The third kappa shape index (κ3) is 9.16. The molecule has 0 aliphatic carbocycles. The van der Waals surface area contributed by atoms with Gasteiger partial charge < -0.3 is 29.5 Å². The molecule has 47 heavy (non-hydrogen) atoms. The second-order valence-corrected chi connectivity index (χ2v) is 12.4. The Kier molecular flexibility index (Phi) is 12.3. The molecule has 0 amide bonds. The van der Waals surface area contributed by atoms with Crippen molar-refractivity contribution >= 4 is 23.2 Å². The van der Waals surface area contributed by atoms with E-state index in [1.807, 2.05) is 55.5 Å². The molecular weight excluding hydrogens is 635 g/mol. The zero-order valence-electron chi connectivity index (χ0n) is 26.8. The Labute approximate surface area is 286 Å². The number of halogens is 2. The van der Waals surface area contributed by atoms with Gasteiger partial charge >= 0.3 is 0 Å². The molecule has 2 N–H and O–H groups in total. The zero-order valence-corrected chi connectivity index (χ0v) is 28.3. The first-order valence-electron chi connectivity index (χ1n) is 15.9. The number of ether oxygens (including phenoxy) is 3. The molecule has 0 spiro atoms. The normalized spacial score (nSPS) is 14.6. The summed E-state index contributed by atoms with van der Waals surface area (Å²) < 4.78 is 18.6. The third-order valence-electron chi connectivity index (χ3n) is 8.21. The van der Waals surface area contributed by atoms with Crippen molar-refractivity contribution in [1.82, 2.24) is 15.2 Å². The number of nitriles is 1. The van der Waals surface area contributed by atoms with Gasteiger partial charge in [0.15, 0.2) is 0 Å². The minimum absolute atomic E-state index is 0.216. The fourth-order valence-corrected chi connectivity index (χ4v) is 6.13. The fraction of sp³-hybridized carbons (Fsp3) is 0.351. The smallest absolute Gasteiger partial charge is 0.142 e. The fourth-order valence-electron chi connectivity index (χ4n) is 5.61. The molecule has 0 bridgehead atoms. The number of nitrogens with one attached hydrogen (secondary N) is 1. The van der Waals surface area contributed by atoms with Crippen molar-refractivity contribution in [3.8, 4) is 34.4 Å². The molecule has 246 valence electrons. The van der Waals surface area contributed by atoms with Crippen LogP contribution in [0, 0.1) is 18.3 Å². The van der Waals surface area contributed by atoms with Crippen molar-refractivity contribution in [2.45, 2.75) is 52.6 Å². The van der Waals surface area contributed by atoms with Crippen molar-refractivity contribution in [2.75, 3.05) is 32.8 Å². The van der Waals surface area contributed by atoms with Crippen LogP contribution in [-0.2, 0) is 19.8 Å². The topological polar surface area (TPSA) is 99.9 Å². The predicted molar refractivity (Wildman–Crippen MR) is 185 cm³/mol. The van der Waals surface area contributed by atoms with Crippen LogP contribution in [0.15, 0.2) is 67.0 Å². The van der Waals surface area contributed by atoms with Crippen molar-refractivity contribution in [3.63, 3.8) is 0 Å². The highest BCUT2D eigenvalue weighted by Crippen LogP contribution is 2.38. The number of likely N-dealkylation sites (tertiary alicyclic amines) is 1. The van der Waals surface area contributed by atoms with Gasteiger partial charge in [-0.25, -0.2) is 0 Å². The first kappa shape index (κ1) is 34.5. The molecule has 2 heterocycles. The van der Waals surface area contributed by atoms with Gasteiger partial charge in [-0.15, -0.1) is 0 Å². The molecule has 5 rings (SSSR count). The average molecular weight is 676 g/mol. The summed E-state index contributed by atoms with van der Waals surface area (Å²) in [5.74, 6) is 1.80. The summed E-state index contributed by atoms with van der Waals surface area (Å²) in [7, 11) is 0. The van der Waals surface area contributed by atoms with Crippen LogP contribution in [0.1, 0.15) is 47.6 Å². The van der Waals surface area contributed by atoms with E-state index < -0.39 is 0 Å². The molecule has 1 saturated heterocycles. The molecule has 0 saturated carbocycles. The molecular formula is C37H40Cl2N4O4. The van der Waals surface area contributed by atoms with Crippen LogP contribution in [0.2, 0.25) is 10.0 Å². The van der Waals surface area contributed by atoms with Crippen molar-refractivity contribution in [3.05, 3.63) is 105 Å². The van der Waals surface area contributed by atoms with Crippen molar-refractivity contribution < 1.29 is 19.3 Å². The Balaban J connectivity index is 1.28. The van der Waals surface area contributed by atoms with Gasteiger partial charge in [-0.3, -0.25) is 4.98 Å². The van der Waals surface area contributed by atoms with E-state index in [0.29, 0.717) is 52.6 Å². The van der Waals surface area contributed by atoms with Gasteiger partial charge in [-0.2, -0.15) is 5.26 Å². The van der Waals surface area contributed by atoms with Crippen molar-refractivity contribution in [2.24, 2.45) is 0 Å². The van der Waals surface area contributed by atoms with Crippen LogP contribution in [-0.4, -0.2) is 53.9 Å². The Bertz CT molecular complexity index is 1710. The standard InChI is InChI=1S/C37H40Cl2N4O4/c1-3-41-21-29-16-33(38)36(17-35(29)46-23-27-15-26(18-40)19-42-20-27)47-24-28-7-4-8-31(25(28)2)32-9-5-10-34(37(32)39)45-14-6-12-43-13-11-30(44)22-43/h4-5,7-10,15-17,19-20,30,41,44H,3,6,11-14,21-24H2,1-2H3. The first-order chi connectivity index (χ1) is 22.9. The van der Waals surface area contributed by atoms with E-state index >= 15 is 0 Å². The van der Waals surface area contributed by atoms with Crippen LogP contribution in [0.5, 0.6) is 17.2 Å². The summed E-state index contributed by atoms with van der Waals surface area (Å²) in [5, 5.41) is 23.4. The largest absolute Gasteiger partial charge is 0.492 e. The lowest BCUT2D eigenvalue weighted by Crippen LogP contribution is -2.24. The van der Waals surface area contributed by atoms with Crippen molar-refractivity contribution in [1.29, 1.82) is 5.26 Å². The lowest BCUT2D eigenvalue weighted by Gasteiger charge is -2.18. The highest BCUT2D eigenvalue weighted by molar-refractivity contribution is 6.35. The number of aliphatic hydroxyl groups is 1. The summed E-state index contributed by atoms with van der Waals surface area (Å²) in [6.07, 6.45) is 4.68. The summed E-state index contributed by atoms with van der Waals surface area (Å²) >= 11 is 13.6. The van der Waals surface area contributed by atoms with Gasteiger partial charge in [0, 0.05) is 61.3 Å². The number of aliphatic hydroxyl groups excluding tert-OH is 1. The van der Waals surface area contributed by atoms with Gasteiger partial charge in [0.2, 0.25) is 0 Å². The Morgan fingerprint density at radius 2 is 1.79 bits per heavy atom. The number of β-amino-alcohol motifs (C(OH)–C–C–N with tert-alkyl or cyclic N) is 1. The van der Waals surface area contributed by atoms with E-state index in [9.17, 15) is 10.4 Å². The third-order valence-corrected chi connectivity index (χ3v) is 8.89. The molecule has 10 heteroatoms. The summed E-state index contributed by atoms with van der Waals surface area (Å²) in [5.41, 5.74) is 6.09. The molecule has 1 unspecified atom stereocenters. The summed E-state index contributed by atoms with van der Waals surface area (Å²) in [6, 6.07) is 19.5. The van der Waals surface area contributed by atoms with Crippen LogP contribution < -0.4 is 19.5 Å². The van der Waals surface area contributed by atoms with Gasteiger partial charge in [-0.05, 0) is 61.2 Å². The molecule has 1 fully saturated rings. The van der Waals surface area contributed by atoms with E-state index in [1.54, 1.807) is 12.3 Å². The highest BCUT2D eigenvalue weighted by Gasteiger charge is 2.20. The maximum absolute atomic E-state index is 9.75. The molecule has 1 aromatic heterocycles. The maximum Gasteiger partial charge on any atom is 0.142 e. The van der Waals surface area contributed by atoms with Crippen LogP contribution in [0.4, 0.5) is 0 Å². The van der Waals surface area contributed by atoms with E-state index in [2.05, 4.69) is 28.2 Å². The second kappa shape index (κ2) is 16.8. The molecule has 1 atom stereocenters. The van der Waals surface area contributed by atoms with Crippen LogP contribution in [0.3, 0.4) is 0 Å². The Morgan fingerprint density at radius 1 is 0.979 bits per heavy atom. The number of hydrogen-bond acceptors (Lipinski definition) is 8. The Hall–Kier alpha value is -3.84. The van der Waals surface area contributed by atoms with E-state index in [1.165, 1.54) is 6.20 Å². The van der Waals surface area contributed by atoms with Crippen LogP contribution in [0.25, 0.3) is 11.1 Å². The number of benzene rings is 3. The van der Waals surface area contributed by atoms with E-state index in [-0.39, 0.29) is 12.7 Å². The number of pyridine rings is 1. The number of nitrogens with zero attached hydrogens (tertiary/aromatic N) is 3. The molecule has 8 nitrogen and oxygen atoms in total. The van der Waals surface area contributed by atoms with Crippen LogP contribution >= 0.6 is 23.2 Å². The van der Waals surface area contributed by atoms with E-state index in [4.69, 9.17) is 37.4 Å². The monoisotopic (exact) mass is 674 g/mol. The Morgan fingerprint density at radius 3 is 2.57 bits per heavy atom. The zero-order chi connectivity index (χ0) is 33.2. The summed E-state index contributed by atoms with van der Waals surface area (Å²) in [4.78, 5) is 6.39. The molecule has 4 aromatic rings. The number of hydrogen-bond donors (Lipinski definition) is 2. The second-order valence-electron chi connectivity index (χ2n) is 11.6. The lowest BCUT2D eigenvalue weighted by molar-refractivity contribution is 0.173. The minimum Gasteiger partial charge on any atom is -0.492 e. The maximum atomic E-state index is 9.75.